The number of hydrogen-bond donors (Lipinski definition) is 0. The molecule has 0 spiro atoms. The lowest BCUT2D eigenvalue weighted by Gasteiger charge is -2.34. The summed E-state index contributed by atoms with van der Waals surface area (Å²) in [4.78, 5) is 27.1. The quantitative estimate of drug-likeness (QED) is 0.371. The Morgan fingerprint density at radius 1 is 1.03 bits per heavy atom. The highest BCUT2D eigenvalue weighted by atomic mass is 35.5. The van der Waals surface area contributed by atoms with E-state index in [9.17, 15) is 18.0 Å². The van der Waals surface area contributed by atoms with E-state index in [1.54, 1.807) is 36.4 Å². The topological polar surface area (TPSA) is 93.2 Å². The van der Waals surface area contributed by atoms with Crippen LogP contribution in [0.2, 0.25) is 15.1 Å². The molecule has 1 atom stereocenters. The molecule has 1 heterocycles. The Bertz CT molecular complexity index is 1430. The van der Waals surface area contributed by atoms with Crippen molar-refractivity contribution < 1.29 is 27.5 Å². The van der Waals surface area contributed by atoms with Crippen LogP contribution in [0.3, 0.4) is 0 Å². The van der Waals surface area contributed by atoms with E-state index >= 15 is 0 Å². The Morgan fingerprint density at radius 2 is 1.73 bits per heavy atom. The van der Waals surface area contributed by atoms with Gasteiger partial charge in [-0.1, -0.05) is 53.0 Å². The summed E-state index contributed by atoms with van der Waals surface area (Å²) in [5.74, 6) is -0.926. The van der Waals surface area contributed by atoms with Gasteiger partial charge in [-0.25, -0.2) is 13.2 Å². The molecular weight excluding hydrogens is 563 g/mol. The van der Waals surface area contributed by atoms with Gasteiger partial charge in [0.15, 0.2) is 0 Å². The van der Waals surface area contributed by atoms with Crippen LogP contribution < -0.4 is 9.64 Å². The normalized spacial score (nSPS) is 15.2. The van der Waals surface area contributed by atoms with E-state index in [1.165, 1.54) is 42.3 Å². The fraction of sp³-hybridized carbons (Fsp3) is 0.200. The van der Waals surface area contributed by atoms with Crippen LogP contribution in [0.4, 0.5) is 5.69 Å². The molecule has 3 aromatic rings. The van der Waals surface area contributed by atoms with Crippen molar-refractivity contribution in [3.63, 3.8) is 0 Å². The summed E-state index contributed by atoms with van der Waals surface area (Å²) in [7, 11) is -2.94. The summed E-state index contributed by atoms with van der Waals surface area (Å²) in [6, 6.07) is 17.0. The number of nitrogens with zero attached hydrogens (tertiary/aromatic N) is 2. The molecular formula is C25H21Cl3N2O6S. The van der Waals surface area contributed by atoms with Gasteiger partial charge in [-0.15, -0.1) is 0 Å². The molecule has 0 aliphatic carbocycles. The van der Waals surface area contributed by atoms with E-state index in [1.807, 2.05) is 0 Å². The SMILES string of the molecule is COC(=O)[C@@H]1CN(C(=O)CN(Cc2ccc(Cl)c(Cl)c2)S(=O)(=O)c2ccc(Cl)cc2)c2ccccc2O1. The molecule has 0 radical (unpaired) electrons. The lowest BCUT2D eigenvalue weighted by atomic mass is 10.2. The Hall–Kier alpha value is -2.82. The first-order valence-corrected chi connectivity index (χ1v) is 13.5. The molecule has 12 heteroatoms. The summed E-state index contributed by atoms with van der Waals surface area (Å²) < 4.78 is 38.8. The Labute approximate surface area is 229 Å². The number of sulfonamides is 1. The van der Waals surface area contributed by atoms with Crippen molar-refractivity contribution in [3.8, 4) is 5.75 Å². The third-order valence-electron chi connectivity index (χ3n) is 5.64. The molecule has 3 aromatic carbocycles. The summed E-state index contributed by atoms with van der Waals surface area (Å²) in [5, 5.41) is 0.926. The largest absolute Gasteiger partial charge is 0.475 e. The second-order valence-corrected chi connectivity index (χ2v) is 11.3. The van der Waals surface area contributed by atoms with E-state index in [2.05, 4.69) is 0 Å². The first-order chi connectivity index (χ1) is 17.6. The van der Waals surface area contributed by atoms with Crippen LogP contribution in [0.1, 0.15) is 5.56 Å². The summed E-state index contributed by atoms with van der Waals surface area (Å²) in [5.41, 5.74) is 0.931. The van der Waals surface area contributed by atoms with Gasteiger partial charge in [0.25, 0.3) is 0 Å². The number of benzene rings is 3. The fourth-order valence-corrected chi connectivity index (χ4v) is 5.61. The van der Waals surface area contributed by atoms with Crippen LogP contribution >= 0.6 is 34.8 Å². The molecule has 1 amide bonds. The fourth-order valence-electron chi connectivity index (χ4n) is 3.78. The van der Waals surface area contributed by atoms with Crippen LogP contribution in [0.5, 0.6) is 5.75 Å². The maximum absolute atomic E-state index is 13.6. The molecule has 4 rings (SSSR count). The second-order valence-electron chi connectivity index (χ2n) is 8.08. The third kappa shape index (κ3) is 6.02. The first kappa shape index (κ1) is 27.2. The average molecular weight is 584 g/mol. The average Bonchev–Trinajstić information content (AvgIpc) is 2.89. The minimum atomic E-state index is -4.16. The van der Waals surface area contributed by atoms with Crippen molar-refractivity contribution in [1.82, 2.24) is 4.31 Å². The van der Waals surface area contributed by atoms with Crippen molar-refractivity contribution in [2.24, 2.45) is 0 Å². The Balaban J connectivity index is 1.70. The van der Waals surface area contributed by atoms with Crippen molar-refractivity contribution in [2.75, 3.05) is 25.1 Å². The van der Waals surface area contributed by atoms with Gasteiger partial charge in [-0.2, -0.15) is 4.31 Å². The van der Waals surface area contributed by atoms with Gasteiger partial charge in [0.2, 0.25) is 22.0 Å². The lowest BCUT2D eigenvalue weighted by Crippen LogP contribution is -2.50. The Morgan fingerprint density at radius 3 is 2.41 bits per heavy atom. The van der Waals surface area contributed by atoms with Crippen molar-refractivity contribution in [2.45, 2.75) is 17.5 Å². The van der Waals surface area contributed by atoms with Gasteiger partial charge >= 0.3 is 5.97 Å². The van der Waals surface area contributed by atoms with Gasteiger partial charge in [0.05, 0.1) is 40.8 Å². The van der Waals surface area contributed by atoms with E-state index in [-0.39, 0.29) is 23.0 Å². The summed E-state index contributed by atoms with van der Waals surface area (Å²) in [6.45, 7) is -0.850. The smallest absolute Gasteiger partial charge is 0.348 e. The van der Waals surface area contributed by atoms with Crippen molar-refractivity contribution >= 4 is 62.4 Å². The molecule has 0 unspecified atom stereocenters. The molecule has 194 valence electrons. The number of para-hydroxylation sites is 2. The van der Waals surface area contributed by atoms with Gasteiger partial charge in [-0.05, 0) is 54.1 Å². The molecule has 1 aliphatic rings. The predicted octanol–water partition coefficient (Wildman–Crippen LogP) is 4.80. The zero-order chi connectivity index (χ0) is 26.7. The second kappa shape index (κ2) is 11.3. The van der Waals surface area contributed by atoms with Gasteiger partial charge in [0, 0.05) is 11.6 Å². The zero-order valence-corrected chi connectivity index (χ0v) is 22.5. The van der Waals surface area contributed by atoms with Gasteiger partial charge in [0.1, 0.15) is 5.75 Å². The van der Waals surface area contributed by atoms with Crippen LogP contribution in [0.25, 0.3) is 0 Å². The van der Waals surface area contributed by atoms with Crippen molar-refractivity contribution in [1.29, 1.82) is 0 Å². The van der Waals surface area contributed by atoms with E-state index in [4.69, 9.17) is 44.3 Å². The number of carbonyl (C=O) groups excluding carboxylic acids is 2. The number of amides is 1. The van der Waals surface area contributed by atoms with E-state index in [0.29, 0.717) is 27.0 Å². The Kier molecular flexibility index (Phi) is 8.30. The number of methoxy groups -OCH3 is 1. The summed E-state index contributed by atoms with van der Waals surface area (Å²) >= 11 is 18.1. The van der Waals surface area contributed by atoms with E-state index < -0.39 is 34.5 Å². The maximum Gasteiger partial charge on any atom is 0.348 e. The predicted molar refractivity (Wildman–Crippen MR) is 141 cm³/mol. The molecule has 0 aromatic heterocycles. The molecule has 0 saturated carbocycles. The molecule has 8 nitrogen and oxygen atoms in total. The van der Waals surface area contributed by atoms with Crippen LogP contribution in [-0.2, 0) is 30.9 Å². The minimum Gasteiger partial charge on any atom is -0.475 e. The minimum absolute atomic E-state index is 0.0421. The highest BCUT2D eigenvalue weighted by Crippen LogP contribution is 2.34. The van der Waals surface area contributed by atoms with E-state index in [0.717, 1.165) is 4.31 Å². The highest BCUT2D eigenvalue weighted by Gasteiger charge is 2.36. The zero-order valence-electron chi connectivity index (χ0n) is 19.4. The third-order valence-corrected chi connectivity index (χ3v) is 8.44. The first-order valence-electron chi connectivity index (χ1n) is 10.9. The molecule has 0 saturated heterocycles. The molecule has 1 aliphatic heterocycles. The molecule has 37 heavy (non-hydrogen) atoms. The van der Waals surface area contributed by atoms with Gasteiger partial charge < -0.3 is 14.4 Å². The van der Waals surface area contributed by atoms with Gasteiger partial charge in [-0.3, -0.25) is 4.79 Å². The monoisotopic (exact) mass is 582 g/mol. The molecule has 0 bridgehead atoms. The van der Waals surface area contributed by atoms with Crippen LogP contribution in [0.15, 0.2) is 71.6 Å². The van der Waals surface area contributed by atoms with Crippen molar-refractivity contribution in [3.05, 3.63) is 87.4 Å². The summed E-state index contributed by atoms with van der Waals surface area (Å²) in [6.07, 6.45) is -1.07. The number of carbonyl (C=O) groups is 2. The molecule has 0 fully saturated rings. The standard InChI is InChI=1S/C25H21Cl3N2O6S/c1-35-25(32)23-14-30(21-4-2-3-5-22(21)36-23)24(31)15-29(13-16-6-11-19(27)20(28)12-16)37(33,34)18-9-7-17(26)8-10-18/h2-12,23H,13-15H2,1H3/t23-/m0/s1. The lowest BCUT2D eigenvalue weighted by molar-refractivity contribution is -0.148. The number of ether oxygens (including phenoxy) is 2. The van der Waals surface area contributed by atoms with Crippen LogP contribution in [0, 0.1) is 0 Å². The highest BCUT2D eigenvalue weighted by molar-refractivity contribution is 7.89. The number of anilines is 1. The number of esters is 1. The number of fused-ring (bicyclic) bond motifs is 1. The number of hydrogen-bond acceptors (Lipinski definition) is 6. The number of halogens is 3. The van der Waals surface area contributed by atoms with Crippen LogP contribution in [-0.4, -0.2) is 50.9 Å². The number of rotatable bonds is 7. The maximum atomic E-state index is 13.6. The molecule has 0 N–H and O–H groups in total.